The fraction of sp³-hybridized carbons (Fsp3) is 0. The molecule has 7 aromatic carbocycles. The van der Waals surface area contributed by atoms with Crippen molar-refractivity contribution in [3.63, 3.8) is 0 Å². The maximum Gasteiger partial charge on any atom is 0.520 e. The van der Waals surface area contributed by atoms with Crippen LogP contribution in [-0.4, -0.2) is 19.2 Å². The lowest BCUT2D eigenvalue weighted by Gasteiger charge is -2.32. The number of hydrogen-bond acceptors (Lipinski definition) is 8. The first kappa shape index (κ1) is 31.1. The topological polar surface area (TPSA) is 32.3 Å². The summed E-state index contributed by atoms with van der Waals surface area (Å²) in [6, 6.07) is 65.9. The van der Waals surface area contributed by atoms with Gasteiger partial charge in [0.15, 0.2) is 0 Å². The van der Waals surface area contributed by atoms with Gasteiger partial charge in [-0.15, -0.1) is 11.3 Å². The van der Waals surface area contributed by atoms with E-state index >= 15 is 0 Å². The van der Waals surface area contributed by atoms with E-state index in [4.69, 9.17) is 4.98 Å². The Morgan fingerprint density at radius 2 is 0.807 bits per heavy atom. The van der Waals surface area contributed by atoms with Crippen LogP contribution < -0.4 is 28.9 Å². The monoisotopic (exact) mass is 747 g/mol. The van der Waals surface area contributed by atoms with Gasteiger partial charge in [0.1, 0.15) is 5.82 Å². The lowest BCUT2D eigenvalue weighted by molar-refractivity contribution is 1.25. The molecule has 7 nitrogen and oxygen atoms in total. The van der Waals surface area contributed by atoms with Gasteiger partial charge in [-0.2, -0.15) is 0 Å². The number of rotatable bonds is 4. The third-order valence-corrected chi connectivity index (χ3v) is 13.1. The summed E-state index contributed by atoms with van der Waals surface area (Å²) < 4.78 is 2.46. The molecule has 0 fully saturated rings. The minimum Gasteiger partial charge on any atom is -0.344 e. The molecule has 4 aliphatic heterocycles. The molecule has 0 aliphatic carbocycles. The Morgan fingerprint density at radius 1 is 0.351 bits per heavy atom. The van der Waals surface area contributed by atoms with Gasteiger partial charge in [-0.3, -0.25) is 0 Å². The number of aromatic nitrogens is 1. The lowest BCUT2D eigenvalue weighted by Crippen LogP contribution is -2.52. The zero-order valence-electron chi connectivity index (χ0n) is 30.6. The predicted molar refractivity (Wildman–Crippen MR) is 240 cm³/mol. The predicted octanol–water partition coefficient (Wildman–Crippen LogP) is 12.3. The van der Waals surface area contributed by atoms with Gasteiger partial charge in [0.05, 0.1) is 50.2 Å². The number of benzene rings is 7. The van der Waals surface area contributed by atoms with Crippen molar-refractivity contribution in [2.75, 3.05) is 28.9 Å². The molecule has 0 bridgehead atoms. The maximum atomic E-state index is 5.20. The molecule has 266 valence electrons. The quantitative estimate of drug-likeness (QED) is 0.166. The molecular weight excluding hydrogens is 716 g/mol. The van der Waals surface area contributed by atoms with Crippen LogP contribution in [0.1, 0.15) is 0 Å². The van der Waals surface area contributed by atoms with Crippen LogP contribution in [0.5, 0.6) is 0 Å². The highest BCUT2D eigenvalue weighted by atomic mass is 32.1. The van der Waals surface area contributed by atoms with Crippen molar-refractivity contribution in [1.29, 1.82) is 0 Å². The van der Waals surface area contributed by atoms with Gasteiger partial charge < -0.3 is 28.9 Å². The second-order valence-corrected chi connectivity index (χ2v) is 15.9. The maximum absolute atomic E-state index is 5.20. The SMILES string of the molecule is c1ccc(N2B3N(c4ccc5c(c4)N4B(N5c5ccccc5)N(c5nccc6c5sc5ccccc56)c5ccccc54)c4ccccc4N3c3ccccc32)cc1. The van der Waals surface area contributed by atoms with E-state index in [9.17, 15) is 0 Å². The van der Waals surface area contributed by atoms with Crippen molar-refractivity contribution in [3.8, 4) is 0 Å². The highest BCUT2D eigenvalue weighted by molar-refractivity contribution is 7.26. The summed E-state index contributed by atoms with van der Waals surface area (Å²) in [5.41, 5.74) is 12.7. The Hall–Kier alpha value is -7.16. The largest absolute Gasteiger partial charge is 0.520 e. The number of para-hydroxylation sites is 8. The van der Waals surface area contributed by atoms with Crippen molar-refractivity contribution >= 4 is 114 Å². The highest BCUT2D eigenvalue weighted by Gasteiger charge is 2.56. The number of anilines is 12. The first-order valence-corrected chi connectivity index (χ1v) is 20.2. The molecular formula is C47H31B2N7S. The summed E-state index contributed by atoms with van der Waals surface area (Å²) in [5.74, 6) is 0.967. The van der Waals surface area contributed by atoms with Gasteiger partial charge >= 0.3 is 14.2 Å². The summed E-state index contributed by atoms with van der Waals surface area (Å²) in [7, 11) is -0.364. The Bertz CT molecular complexity index is 3050. The fourth-order valence-corrected chi connectivity index (χ4v) is 10.8. The van der Waals surface area contributed by atoms with Crippen LogP contribution in [0.4, 0.5) is 68.4 Å². The van der Waals surface area contributed by atoms with E-state index in [0.717, 1.165) is 45.6 Å². The molecule has 4 aliphatic rings. The summed E-state index contributed by atoms with van der Waals surface area (Å²) in [5, 5.41) is 2.50. The Morgan fingerprint density at radius 3 is 1.42 bits per heavy atom. The van der Waals surface area contributed by atoms with Gasteiger partial charge in [0.2, 0.25) is 0 Å². The summed E-state index contributed by atoms with van der Waals surface area (Å²) >= 11 is 1.82. The second-order valence-electron chi connectivity index (χ2n) is 14.8. The minimum absolute atomic E-state index is 0.139. The van der Waals surface area contributed by atoms with Crippen molar-refractivity contribution in [1.82, 2.24) is 4.98 Å². The van der Waals surface area contributed by atoms with Crippen LogP contribution in [0, 0.1) is 0 Å². The molecule has 0 saturated heterocycles. The average molecular weight is 748 g/mol. The molecule has 0 atom stereocenters. The number of fused-ring (bicyclic) bond motifs is 13. The van der Waals surface area contributed by atoms with E-state index in [-0.39, 0.29) is 14.2 Å². The molecule has 0 spiro atoms. The van der Waals surface area contributed by atoms with Crippen molar-refractivity contribution < 1.29 is 0 Å². The molecule has 0 unspecified atom stereocenters. The number of nitrogens with zero attached hydrogens (tertiary/aromatic N) is 7. The zero-order valence-corrected chi connectivity index (χ0v) is 31.4. The third-order valence-electron chi connectivity index (χ3n) is 11.9. The van der Waals surface area contributed by atoms with Gasteiger partial charge in [-0.25, -0.2) is 4.98 Å². The molecule has 0 radical (unpaired) electrons. The van der Waals surface area contributed by atoms with Crippen LogP contribution in [0.3, 0.4) is 0 Å². The fourth-order valence-electron chi connectivity index (χ4n) is 9.65. The van der Waals surface area contributed by atoms with Crippen LogP contribution in [0.2, 0.25) is 0 Å². The Labute approximate surface area is 334 Å². The first-order valence-electron chi connectivity index (χ1n) is 19.4. The third kappa shape index (κ3) is 4.19. The van der Waals surface area contributed by atoms with Gasteiger partial charge in [0.25, 0.3) is 0 Å². The van der Waals surface area contributed by atoms with Crippen LogP contribution in [-0.2, 0) is 0 Å². The summed E-state index contributed by atoms with van der Waals surface area (Å²) in [6.45, 7) is 0. The molecule has 0 saturated carbocycles. The zero-order chi connectivity index (χ0) is 37.2. The first-order chi connectivity index (χ1) is 28.3. The number of hydrogen-bond donors (Lipinski definition) is 0. The van der Waals surface area contributed by atoms with E-state index < -0.39 is 0 Å². The average Bonchev–Trinajstić information content (AvgIpc) is 4.06. The van der Waals surface area contributed by atoms with E-state index in [1.54, 1.807) is 0 Å². The Kier molecular flexibility index (Phi) is 6.37. The molecule has 57 heavy (non-hydrogen) atoms. The molecule has 6 heterocycles. The van der Waals surface area contributed by atoms with Crippen molar-refractivity contribution in [3.05, 3.63) is 188 Å². The van der Waals surface area contributed by atoms with E-state index in [2.05, 4.69) is 211 Å². The Balaban J connectivity index is 1.03. The number of thiophene rings is 1. The van der Waals surface area contributed by atoms with E-state index in [1.807, 2.05) is 17.5 Å². The molecule has 9 aromatic rings. The summed E-state index contributed by atoms with van der Waals surface area (Å²) in [6.07, 6.45) is 1.98. The lowest BCUT2D eigenvalue weighted by atomic mass is 9.86. The van der Waals surface area contributed by atoms with Crippen LogP contribution in [0.15, 0.2) is 188 Å². The number of pyridine rings is 1. The van der Waals surface area contributed by atoms with E-state index in [1.165, 1.54) is 42.9 Å². The van der Waals surface area contributed by atoms with Gasteiger partial charge in [-0.05, 0) is 91.0 Å². The summed E-state index contributed by atoms with van der Waals surface area (Å²) in [4.78, 5) is 20.1. The van der Waals surface area contributed by atoms with Crippen molar-refractivity contribution in [2.45, 2.75) is 0 Å². The molecule has 10 heteroatoms. The van der Waals surface area contributed by atoms with Crippen LogP contribution >= 0.6 is 11.3 Å². The van der Waals surface area contributed by atoms with Gasteiger partial charge in [-0.1, -0.05) is 91.0 Å². The minimum atomic E-state index is -0.225. The van der Waals surface area contributed by atoms with E-state index in [0.29, 0.717) is 0 Å². The van der Waals surface area contributed by atoms with Crippen molar-refractivity contribution in [2.24, 2.45) is 0 Å². The normalized spacial score (nSPS) is 14.7. The molecule has 0 amide bonds. The highest BCUT2D eigenvalue weighted by Crippen LogP contribution is 2.60. The second kappa shape index (κ2) is 11.7. The standard InChI is InChI=1S/C47H31B2N7S/c1-3-15-32(16-4-1)51-37-20-8-10-22-39(37)54-40-23-11-9-21-38(40)53(48(51)54)34-27-28-43-44(31-34)55-41-24-12-13-25-42(41)56(49(55)52(43)33-17-5-2-6-18-33)47-46-36(29-30-50-47)35-19-7-14-26-45(35)57-46/h1-31H. The van der Waals surface area contributed by atoms with Gasteiger partial charge in [0, 0.05) is 38.7 Å². The molecule has 0 N–H and O–H groups in total. The smallest absolute Gasteiger partial charge is 0.344 e. The molecule has 13 rings (SSSR count). The molecule has 2 aromatic heterocycles. The van der Waals surface area contributed by atoms with Crippen LogP contribution in [0.25, 0.3) is 20.2 Å².